The molecule has 0 aliphatic carbocycles. The second-order valence-electron chi connectivity index (χ2n) is 7.84. The van der Waals surface area contributed by atoms with Crippen LogP contribution in [0.5, 0.6) is 0 Å². The van der Waals surface area contributed by atoms with Crippen LogP contribution in [-0.2, 0) is 0 Å². The average Bonchev–Trinajstić information content (AvgIpc) is 3.56. The maximum atomic E-state index is 12.1. The summed E-state index contributed by atoms with van der Waals surface area (Å²) in [6.45, 7) is 2.16. The van der Waals surface area contributed by atoms with E-state index in [1.54, 1.807) is 29.0 Å². The Labute approximate surface area is 206 Å². The highest BCUT2D eigenvalue weighted by Gasteiger charge is 2.29. The summed E-state index contributed by atoms with van der Waals surface area (Å²) in [7, 11) is 0. The van der Waals surface area contributed by atoms with Crippen molar-refractivity contribution in [3.8, 4) is 10.4 Å². The van der Waals surface area contributed by atoms with Gasteiger partial charge in [0.2, 0.25) is 5.13 Å². The Bertz CT molecular complexity index is 1180. The van der Waals surface area contributed by atoms with Crippen LogP contribution in [0.3, 0.4) is 0 Å². The van der Waals surface area contributed by atoms with Crippen LogP contribution in [0.4, 0.5) is 5.13 Å². The van der Waals surface area contributed by atoms with Gasteiger partial charge in [0, 0.05) is 33.7 Å². The number of nitrogens with zero attached hydrogens (tertiary/aromatic N) is 2. The SMILES string of the molecule is CC(C(O)Nc1nncs1)C(c1ccccc1)c1ccc(-c2ccc(C(=O)NCCO)cc2)s1. The normalized spacial score (nSPS) is 13.7. The second-order valence-corrected chi connectivity index (χ2v) is 9.79. The monoisotopic (exact) mass is 494 g/mol. The number of amides is 1. The summed E-state index contributed by atoms with van der Waals surface area (Å²) < 4.78 is 0. The zero-order valence-electron chi connectivity index (χ0n) is 18.6. The molecule has 0 radical (unpaired) electrons. The van der Waals surface area contributed by atoms with E-state index in [0.717, 1.165) is 20.9 Å². The van der Waals surface area contributed by atoms with Gasteiger partial charge in [0.15, 0.2) is 0 Å². The van der Waals surface area contributed by atoms with Crippen LogP contribution in [-0.4, -0.2) is 45.7 Å². The molecule has 3 atom stereocenters. The Morgan fingerprint density at radius 1 is 1.06 bits per heavy atom. The van der Waals surface area contributed by atoms with Gasteiger partial charge in [-0.25, -0.2) is 0 Å². The summed E-state index contributed by atoms with van der Waals surface area (Å²) >= 11 is 3.02. The van der Waals surface area contributed by atoms with Crippen LogP contribution in [0.2, 0.25) is 0 Å². The number of aromatic nitrogens is 2. The van der Waals surface area contributed by atoms with E-state index in [1.165, 1.54) is 11.3 Å². The van der Waals surface area contributed by atoms with Gasteiger partial charge in [-0.3, -0.25) is 4.79 Å². The third-order valence-corrected chi connectivity index (χ3v) is 7.42. The Hall–Kier alpha value is -3.11. The van der Waals surface area contributed by atoms with Gasteiger partial charge < -0.3 is 20.8 Å². The Morgan fingerprint density at radius 2 is 1.82 bits per heavy atom. The van der Waals surface area contributed by atoms with E-state index in [2.05, 4.69) is 45.1 Å². The van der Waals surface area contributed by atoms with Gasteiger partial charge >= 0.3 is 0 Å². The molecule has 4 rings (SSSR count). The molecule has 4 N–H and O–H groups in total. The fourth-order valence-electron chi connectivity index (χ4n) is 3.80. The van der Waals surface area contributed by atoms with Crippen LogP contribution in [0.15, 0.2) is 72.2 Å². The van der Waals surface area contributed by atoms with Crippen LogP contribution >= 0.6 is 22.7 Å². The molecule has 1 amide bonds. The summed E-state index contributed by atoms with van der Waals surface area (Å²) in [6.07, 6.45) is -0.805. The molecule has 3 unspecified atom stereocenters. The van der Waals surface area contributed by atoms with Crippen molar-refractivity contribution in [2.45, 2.75) is 19.1 Å². The number of benzene rings is 2. The first-order valence-corrected chi connectivity index (χ1v) is 12.6. The molecular weight excluding hydrogens is 468 g/mol. The topological polar surface area (TPSA) is 107 Å². The first-order valence-electron chi connectivity index (χ1n) is 10.9. The summed E-state index contributed by atoms with van der Waals surface area (Å²) in [4.78, 5) is 14.3. The number of aliphatic hydroxyl groups is 2. The summed E-state index contributed by atoms with van der Waals surface area (Å²) in [6, 6.07) is 21.8. The van der Waals surface area contributed by atoms with Crippen molar-refractivity contribution >= 4 is 33.7 Å². The molecule has 0 spiro atoms. The fraction of sp³-hybridized carbons (Fsp3) is 0.240. The van der Waals surface area contributed by atoms with Gasteiger partial charge in [-0.05, 0) is 35.4 Å². The van der Waals surface area contributed by atoms with E-state index >= 15 is 0 Å². The zero-order chi connectivity index (χ0) is 23.9. The van der Waals surface area contributed by atoms with Crippen molar-refractivity contribution in [3.05, 3.63) is 88.2 Å². The molecule has 0 bridgehead atoms. The van der Waals surface area contributed by atoms with Crippen molar-refractivity contribution in [2.24, 2.45) is 5.92 Å². The highest BCUT2D eigenvalue weighted by Crippen LogP contribution is 2.40. The van der Waals surface area contributed by atoms with E-state index in [0.29, 0.717) is 10.7 Å². The first-order chi connectivity index (χ1) is 16.6. The molecule has 2 aromatic heterocycles. The van der Waals surface area contributed by atoms with Gasteiger partial charge in [0.05, 0.1) is 6.61 Å². The molecule has 0 aliphatic rings. The third-order valence-electron chi connectivity index (χ3n) is 5.58. The van der Waals surface area contributed by atoms with Crippen molar-refractivity contribution in [2.75, 3.05) is 18.5 Å². The van der Waals surface area contributed by atoms with E-state index in [4.69, 9.17) is 5.11 Å². The van der Waals surface area contributed by atoms with Gasteiger partial charge in [-0.1, -0.05) is 60.7 Å². The van der Waals surface area contributed by atoms with Crippen LogP contribution in [0, 0.1) is 5.92 Å². The molecule has 0 fully saturated rings. The van der Waals surface area contributed by atoms with Gasteiger partial charge in [0.1, 0.15) is 11.7 Å². The summed E-state index contributed by atoms with van der Waals surface area (Å²) in [5, 5.41) is 33.9. The lowest BCUT2D eigenvalue weighted by Crippen LogP contribution is -2.31. The minimum absolute atomic E-state index is 0.0288. The van der Waals surface area contributed by atoms with Gasteiger partial charge in [0.25, 0.3) is 5.91 Å². The number of aliphatic hydroxyl groups excluding tert-OH is 2. The molecule has 0 saturated heterocycles. The predicted octanol–water partition coefficient (Wildman–Crippen LogP) is 4.19. The van der Waals surface area contributed by atoms with E-state index in [1.807, 2.05) is 37.3 Å². The molecule has 7 nitrogen and oxygen atoms in total. The Kier molecular flexibility index (Phi) is 8.02. The predicted molar refractivity (Wildman–Crippen MR) is 136 cm³/mol. The molecule has 0 aliphatic heterocycles. The highest BCUT2D eigenvalue weighted by molar-refractivity contribution is 7.15. The summed E-state index contributed by atoms with van der Waals surface area (Å²) in [5.74, 6) is -0.378. The molecule has 4 aromatic rings. The number of hydrogen-bond acceptors (Lipinski definition) is 8. The maximum absolute atomic E-state index is 12.1. The number of anilines is 1. The van der Waals surface area contributed by atoms with E-state index < -0.39 is 6.23 Å². The number of carbonyl (C=O) groups is 1. The molecular formula is C25H26N4O3S2. The Morgan fingerprint density at radius 3 is 2.50 bits per heavy atom. The van der Waals surface area contributed by atoms with E-state index in [9.17, 15) is 9.90 Å². The average molecular weight is 495 g/mol. The number of carbonyl (C=O) groups excluding carboxylic acids is 1. The Balaban J connectivity index is 1.57. The lowest BCUT2D eigenvalue weighted by Gasteiger charge is -2.28. The molecule has 2 heterocycles. The molecule has 34 heavy (non-hydrogen) atoms. The van der Waals surface area contributed by atoms with Crippen molar-refractivity contribution in [1.29, 1.82) is 0 Å². The highest BCUT2D eigenvalue weighted by atomic mass is 32.1. The number of hydrogen-bond donors (Lipinski definition) is 4. The molecule has 2 aromatic carbocycles. The third kappa shape index (κ3) is 5.68. The van der Waals surface area contributed by atoms with Crippen LogP contribution in [0.1, 0.15) is 33.6 Å². The maximum Gasteiger partial charge on any atom is 0.251 e. The first kappa shape index (κ1) is 24.0. The lowest BCUT2D eigenvalue weighted by atomic mass is 9.85. The number of rotatable bonds is 10. The quantitative estimate of drug-likeness (QED) is 0.246. The standard InChI is InChI=1S/C25H26N4O3S2/c1-16(23(31)28-25-29-27-15-33-25)22(18-5-3-2-4-6-18)21-12-11-20(34-21)17-7-9-19(10-8-17)24(32)26-13-14-30/h2-12,15-16,22-23,30-31H,13-14H2,1H3,(H,26,32)(H,28,29). The molecule has 0 saturated carbocycles. The number of thiophene rings is 1. The molecule has 176 valence electrons. The minimum Gasteiger partial charge on any atom is -0.395 e. The van der Waals surface area contributed by atoms with Crippen molar-refractivity contribution in [1.82, 2.24) is 15.5 Å². The minimum atomic E-state index is -0.805. The van der Waals surface area contributed by atoms with Crippen LogP contribution in [0.25, 0.3) is 10.4 Å². The fourth-order valence-corrected chi connectivity index (χ4v) is 5.53. The second kappa shape index (κ2) is 11.3. The number of nitrogens with one attached hydrogen (secondary N) is 2. The van der Waals surface area contributed by atoms with Gasteiger partial charge in [-0.2, -0.15) is 0 Å². The smallest absolute Gasteiger partial charge is 0.251 e. The van der Waals surface area contributed by atoms with Crippen LogP contribution < -0.4 is 10.6 Å². The van der Waals surface area contributed by atoms with E-state index in [-0.39, 0.29) is 30.9 Å². The molecule has 9 heteroatoms. The largest absolute Gasteiger partial charge is 0.395 e. The zero-order valence-corrected chi connectivity index (χ0v) is 20.2. The lowest BCUT2D eigenvalue weighted by molar-refractivity contribution is 0.0944. The summed E-state index contributed by atoms with van der Waals surface area (Å²) in [5.41, 5.74) is 4.32. The van der Waals surface area contributed by atoms with Crippen molar-refractivity contribution in [3.63, 3.8) is 0 Å². The van der Waals surface area contributed by atoms with Gasteiger partial charge in [-0.15, -0.1) is 21.5 Å². The van der Waals surface area contributed by atoms with Crippen molar-refractivity contribution < 1.29 is 15.0 Å².